The lowest BCUT2D eigenvalue weighted by Crippen LogP contribution is -2.04. The van der Waals surface area contributed by atoms with E-state index in [1.54, 1.807) is 0 Å². The number of halogens is 6. The second-order valence-electron chi connectivity index (χ2n) is 3.79. The molecule has 0 aromatic heterocycles. The second kappa shape index (κ2) is 5.28. The number of hydrogen-bond donors (Lipinski definition) is 0. The molecule has 0 N–H and O–H groups in total. The molecule has 0 fully saturated rings. The van der Waals surface area contributed by atoms with Gasteiger partial charge in [-0.15, -0.1) is 0 Å². The summed E-state index contributed by atoms with van der Waals surface area (Å²) >= 11 is 2.90. The Morgan fingerprint density at radius 1 is 0.842 bits per heavy atom. The highest BCUT2D eigenvalue weighted by molar-refractivity contribution is 9.09. The molecule has 1 unspecified atom stereocenters. The zero-order valence-corrected chi connectivity index (χ0v) is 10.8. The first kappa shape index (κ1) is 14.0. The molecular formula is C13H6BrF5. The van der Waals surface area contributed by atoms with Crippen LogP contribution in [0.1, 0.15) is 16.0 Å². The summed E-state index contributed by atoms with van der Waals surface area (Å²) in [6.45, 7) is 0. The van der Waals surface area contributed by atoms with Crippen molar-refractivity contribution in [3.8, 4) is 0 Å². The van der Waals surface area contributed by atoms with Crippen molar-refractivity contribution in [1.82, 2.24) is 0 Å². The molecule has 0 aliphatic rings. The van der Waals surface area contributed by atoms with Crippen LogP contribution in [-0.2, 0) is 0 Å². The summed E-state index contributed by atoms with van der Waals surface area (Å²) in [6, 6.07) is 4.23. The fourth-order valence-electron chi connectivity index (χ4n) is 1.67. The van der Waals surface area contributed by atoms with E-state index in [-0.39, 0.29) is 5.56 Å². The Kier molecular flexibility index (Phi) is 3.89. The van der Waals surface area contributed by atoms with Gasteiger partial charge in [0.15, 0.2) is 11.6 Å². The summed E-state index contributed by atoms with van der Waals surface area (Å²) in [7, 11) is 0. The number of alkyl halides is 1. The molecule has 2 rings (SSSR count). The summed E-state index contributed by atoms with van der Waals surface area (Å²) < 4.78 is 66.5. The molecular weight excluding hydrogens is 331 g/mol. The molecule has 100 valence electrons. The van der Waals surface area contributed by atoms with Gasteiger partial charge < -0.3 is 0 Å². The number of benzene rings is 2. The first-order chi connectivity index (χ1) is 8.91. The van der Waals surface area contributed by atoms with Crippen LogP contribution in [0, 0.1) is 29.1 Å². The molecule has 0 aliphatic carbocycles. The second-order valence-corrected chi connectivity index (χ2v) is 4.70. The fraction of sp³-hybridized carbons (Fsp3) is 0.0769. The Morgan fingerprint density at radius 2 is 1.42 bits per heavy atom. The fourth-order valence-corrected chi connectivity index (χ4v) is 2.46. The van der Waals surface area contributed by atoms with E-state index in [2.05, 4.69) is 15.9 Å². The Labute approximate surface area is 114 Å². The molecule has 6 heteroatoms. The Morgan fingerprint density at radius 3 is 2.00 bits per heavy atom. The largest absolute Gasteiger partial charge is 0.207 e. The highest BCUT2D eigenvalue weighted by Gasteiger charge is 2.24. The van der Waals surface area contributed by atoms with Crippen LogP contribution < -0.4 is 0 Å². The Balaban J connectivity index is 2.56. The van der Waals surface area contributed by atoms with E-state index in [0.29, 0.717) is 12.1 Å². The molecule has 1 atom stereocenters. The first-order valence-electron chi connectivity index (χ1n) is 5.14. The van der Waals surface area contributed by atoms with Gasteiger partial charge in [-0.25, -0.2) is 22.0 Å². The smallest absolute Gasteiger partial charge is 0.163 e. The van der Waals surface area contributed by atoms with Gasteiger partial charge in [0.05, 0.1) is 4.83 Å². The molecule has 0 amide bonds. The summed E-state index contributed by atoms with van der Waals surface area (Å²) in [5, 5.41) is 0. The van der Waals surface area contributed by atoms with Gasteiger partial charge in [0.1, 0.15) is 17.5 Å². The monoisotopic (exact) mass is 336 g/mol. The Hall–Kier alpha value is -1.43. The molecule has 0 bridgehead atoms. The van der Waals surface area contributed by atoms with Gasteiger partial charge in [0.25, 0.3) is 0 Å². The lowest BCUT2D eigenvalue weighted by molar-refractivity contribution is 0.495. The quantitative estimate of drug-likeness (QED) is 0.542. The van der Waals surface area contributed by atoms with E-state index in [1.165, 1.54) is 12.1 Å². The van der Waals surface area contributed by atoms with Crippen molar-refractivity contribution in [2.45, 2.75) is 4.83 Å². The minimum atomic E-state index is -1.26. The van der Waals surface area contributed by atoms with Gasteiger partial charge in [-0.05, 0) is 6.07 Å². The zero-order chi connectivity index (χ0) is 14.2. The van der Waals surface area contributed by atoms with Crippen molar-refractivity contribution in [1.29, 1.82) is 0 Å². The van der Waals surface area contributed by atoms with E-state index < -0.39 is 39.5 Å². The van der Waals surface area contributed by atoms with E-state index in [1.807, 2.05) is 0 Å². The topological polar surface area (TPSA) is 0 Å². The van der Waals surface area contributed by atoms with Crippen LogP contribution in [-0.4, -0.2) is 0 Å². The predicted molar refractivity (Wildman–Crippen MR) is 63.4 cm³/mol. The SMILES string of the molecule is Fc1cc(F)c(C(Br)c2cccc(F)c2F)c(F)c1. The maximum Gasteiger partial charge on any atom is 0.163 e. The van der Waals surface area contributed by atoms with Crippen molar-refractivity contribution in [2.75, 3.05) is 0 Å². The predicted octanol–water partition coefficient (Wildman–Crippen LogP) is 4.87. The average molecular weight is 337 g/mol. The van der Waals surface area contributed by atoms with Gasteiger partial charge in [0, 0.05) is 23.3 Å². The van der Waals surface area contributed by atoms with Gasteiger partial charge >= 0.3 is 0 Å². The highest BCUT2D eigenvalue weighted by Crippen LogP contribution is 2.36. The van der Waals surface area contributed by atoms with E-state index in [4.69, 9.17) is 0 Å². The minimum Gasteiger partial charge on any atom is -0.207 e. The maximum atomic E-state index is 13.6. The van der Waals surface area contributed by atoms with Gasteiger partial charge in [0.2, 0.25) is 0 Å². The summed E-state index contributed by atoms with van der Waals surface area (Å²) in [4.78, 5) is -1.26. The van der Waals surface area contributed by atoms with Crippen molar-refractivity contribution >= 4 is 15.9 Å². The van der Waals surface area contributed by atoms with Gasteiger partial charge in [-0.2, -0.15) is 0 Å². The van der Waals surface area contributed by atoms with Crippen LogP contribution in [0.25, 0.3) is 0 Å². The maximum absolute atomic E-state index is 13.6. The van der Waals surface area contributed by atoms with Gasteiger partial charge in [-0.3, -0.25) is 0 Å². The molecule has 0 heterocycles. The van der Waals surface area contributed by atoms with Crippen LogP contribution in [0.3, 0.4) is 0 Å². The third-order valence-corrected chi connectivity index (χ3v) is 3.50. The third kappa shape index (κ3) is 2.63. The molecule has 0 saturated heterocycles. The van der Waals surface area contributed by atoms with Crippen LogP contribution in [0.2, 0.25) is 0 Å². The van der Waals surface area contributed by atoms with E-state index in [9.17, 15) is 22.0 Å². The summed E-state index contributed by atoms with van der Waals surface area (Å²) in [6.07, 6.45) is 0. The minimum absolute atomic E-state index is 0.274. The third-order valence-electron chi connectivity index (χ3n) is 2.55. The van der Waals surface area contributed by atoms with Crippen molar-refractivity contribution in [2.24, 2.45) is 0 Å². The van der Waals surface area contributed by atoms with Crippen molar-refractivity contribution < 1.29 is 22.0 Å². The van der Waals surface area contributed by atoms with Crippen LogP contribution >= 0.6 is 15.9 Å². The zero-order valence-electron chi connectivity index (χ0n) is 9.23. The highest BCUT2D eigenvalue weighted by atomic mass is 79.9. The van der Waals surface area contributed by atoms with Crippen LogP contribution in [0.5, 0.6) is 0 Å². The lowest BCUT2D eigenvalue weighted by Gasteiger charge is -2.14. The van der Waals surface area contributed by atoms with Gasteiger partial charge in [-0.1, -0.05) is 28.1 Å². The molecule has 0 saturated carbocycles. The molecule has 19 heavy (non-hydrogen) atoms. The standard InChI is InChI=1S/C13H6BrF5/c14-12(7-2-1-3-8(16)13(7)19)11-9(17)4-6(15)5-10(11)18/h1-5,12H. The number of rotatable bonds is 2. The molecule has 0 radical (unpaired) electrons. The molecule has 2 aromatic carbocycles. The van der Waals surface area contributed by atoms with Crippen LogP contribution in [0.15, 0.2) is 30.3 Å². The molecule has 0 spiro atoms. The average Bonchev–Trinajstić information content (AvgIpc) is 2.31. The normalized spacial score (nSPS) is 12.5. The lowest BCUT2D eigenvalue weighted by atomic mass is 10.0. The number of hydrogen-bond acceptors (Lipinski definition) is 0. The Bertz CT molecular complexity index is 603. The molecule has 0 aliphatic heterocycles. The van der Waals surface area contributed by atoms with Crippen LogP contribution in [0.4, 0.5) is 22.0 Å². The summed E-state index contributed by atoms with van der Waals surface area (Å²) in [5.41, 5.74) is -0.852. The molecule has 0 nitrogen and oxygen atoms in total. The first-order valence-corrected chi connectivity index (χ1v) is 6.05. The summed E-state index contributed by atoms with van der Waals surface area (Å²) in [5.74, 6) is -5.79. The van der Waals surface area contributed by atoms with E-state index >= 15 is 0 Å². The van der Waals surface area contributed by atoms with Crippen molar-refractivity contribution in [3.63, 3.8) is 0 Å². The van der Waals surface area contributed by atoms with E-state index in [0.717, 1.165) is 6.07 Å². The molecule has 2 aromatic rings. The van der Waals surface area contributed by atoms with Crippen molar-refractivity contribution in [3.05, 3.63) is 70.5 Å².